The minimum atomic E-state index is -1.54. The number of hydrogen-bond donors (Lipinski definition) is 7. The first-order valence-corrected chi connectivity index (χ1v) is 6.91. The lowest BCUT2D eigenvalue weighted by molar-refractivity contribution is -0.238. The summed E-state index contributed by atoms with van der Waals surface area (Å²) < 4.78 is 5.21. The molecular weight excluding hydrogens is 284 g/mol. The van der Waals surface area contributed by atoms with Gasteiger partial charge in [-0.2, -0.15) is 0 Å². The molecule has 6 atom stereocenters. The van der Waals surface area contributed by atoms with Gasteiger partial charge in [0.05, 0.1) is 6.61 Å². The molecule has 0 aromatic carbocycles. The zero-order chi connectivity index (χ0) is 16.0. The number of carboxylic acids is 1. The van der Waals surface area contributed by atoms with Crippen LogP contribution in [-0.4, -0.2) is 81.3 Å². The van der Waals surface area contributed by atoms with Crippen molar-refractivity contribution in [1.29, 1.82) is 0 Å². The summed E-state index contributed by atoms with van der Waals surface area (Å²) in [5, 5.41) is 49.9. The number of hydrogen-bond acceptors (Lipinski definition) is 8. The molecule has 9 heteroatoms. The standard InChI is InChI=1S/C12H24N2O7/c13-4-2-1-3-6(12(19)20)14-11-10(18)9(17)8(16)7(5-15)21-11/h6-11,14-18H,1-5,13H2,(H,19,20)/t6-,7+,8-,9-,10+,11?/m0/s1. The van der Waals surface area contributed by atoms with Crippen molar-refractivity contribution in [3.8, 4) is 0 Å². The molecule has 0 aromatic rings. The zero-order valence-electron chi connectivity index (χ0n) is 11.6. The van der Waals surface area contributed by atoms with E-state index in [1.165, 1.54) is 0 Å². The highest BCUT2D eigenvalue weighted by Gasteiger charge is 2.44. The summed E-state index contributed by atoms with van der Waals surface area (Å²) in [6.45, 7) is -0.111. The minimum Gasteiger partial charge on any atom is -0.480 e. The Bertz CT molecular complexity index is 329. The van der Waals surface area contributed by atoms with Gasteiger partial charge in [-0.3, -0.25) is 10.1 Å². The molecule has 1 rings (SSSR count). The van der Waals surface area contributed by atoms with E-state index < -0.39 is 49.3 Å². The van der Waals surface area contributed by atoms with Crippen LogP contribution < -0.4 is 11.1 Å². The maximum Gasteiger partial charge on any atom is 0.320 e. The number of unbranched alkanes of at least 4 members (excludes halogenated alkanes) is 1. The van der Waals surface area contributed by atoms with Gasteiger partial charge in [-0.05, 0) is 19.4 Å². The highest BCUT2D eigenvalue weighted by atomic mass is 16.6. The Morgan fingerprint density at radius 3 is 2.38 bits per heavy atom. The molecule has 124 valence electrons. The normalized spacial score (nSPS) is 34.6. The number of rotatable bonds is 8. The predicted molar refractivity (Wildman–Crippen MR) is 71.2 cm³/mol. The first-order chi connectivity index (χ1) is 9.92. The second kappa shape index (κ2) is 8.59. The summed E-state index contributed by atoms with van der Waals surface area (Å²) in [5.74, 6) is -1.12. The molecule has 9 nitrogen and oxygen atoms in total. The van der Waals surface area contributed by atoms with Crippen LogP contribution in [0.3, 0.4) is 0 Å². The van der Waals surface area contributed by atoms with Crippen molar-refractivity contribution in [3.05, 3.63) is 0 Å². The summed E-state index contributed by atoms with van der Waals surface area (Å²) in [5.41, 5.74) is 5.35. The van der Waals surface area contributed by atoms with Crippen molar-refractivity contribution in [2.24, 2.45) is 5.73 Å². The van der Waals surface area contributed by atoms with Crippen LogP contribution in [0.5, 0.6) is 0 Å². The van der Waals surface area contributed by atoms with Crippen LogP contribution in [0.2, 0.25) is 0 Å². The molecule has 0 aromatic heterocycles. The zero-order valence-corrected chi connectivity index (χ0v) is 11.6. The lowest BCUT2D eigenvalue weighted by Crippen LogP contribution is -2.64. The van der Waals surface area contributed by atoms with E-state index in [0.717, 1.165) is 0 Å². The fourth-order valence-electron chi connectivity index (χ4n) is 2.21. The van der Waals surface area contributed by atoms with E-state index in [1.54, 1.807) is 0 Å². The highest BCUT2D eigenvalue weighted by Crippen LogP contribution is 2.20. The van der Waals surface area contributed by atoms with Crippen molar-refractivity contribution < 1.29 is 35.1 Å². The van der Waals surface area contributed by atoms with Crippen LogP contribution in [-0.2, 0) is 9.53 Å². The van der Waals surface area contributed by atoms with Crippen LogP contribution in [0.1, 0.15) is 19.3 Å². The van der Waals surface area contributed by atoms with E-state index in [4.69, 9.17) is 20.7 Å². The Hall–Kier alpha value is -0.810. The molecule has 0 amide bonds. The number of aliphatic hydroxyl groups is 4. The SMILES string of the molecule is NCCCC[C@H](NC1O[C@H](CO)[C@H](O)[C@H](O)[C@H]1O)C(=O)O. The molecule has 21 heavy (non-hydrogen) atoms. The lowest BCUT2D eigenvalue weighted by Gasteiger charge is -2.41. The van der Waals surface area contributed by atoms with Gasteiger partial charge in [0.25, 0.3) is 0 Å². The van der Waals surface area contributed by atoms with E-state index in [2.05, 4.69) is 5.32 Å². The lowest BCUT2D eigenvalue weighted by atomic mass is 9.97. The number of carboxylic acid groups (broad SMARTS) is 1. The summed E-state index contributed by atoms with van der Waals surface area (Å²) >= 11 is 0. The monoisotopic (exact) mass is 308 g/mol. The second-order valence-electron chi connectivity index (χ2n) is 5.09. The van der Waals surface area contributed by atoms with Crippen LogP contribution in [0, 0.1) is 0 Å². The van der Waals surface area contributed by atoms with Gasteiger partial charge in [-0.15, -0.1) is 0 Å². The van der Waals surface area contributed by atoms with Gasteiger partial charge in [0, 0.05) is 0 Å². The first-order valence-electron chi connectivity index (χ1n) is 6.91. The van der Waals surface area contributed by atoms with Gasteiger partial charge in [-0.1, -0.05) is 6.42 Å². The Morgan fingerprint density at radius 2 is 1.86 bits per heavy atom. The van der Waals surface area contributed by atoms with Crippen LogP contribution in [0.4, 0.5) is 0 Å². The molecule has 0 aliphatic carbocycles. The van der Waals surface area contributed by atoms with Crippen LogP contribution in [0.15, 0.2) is 0 Å². The quantitative estimate of drug-likeness (QED) is 0.231. The number of nitrogens with one attached hydrogen (secondary N) is 1. The molecule has 1 aliphatic rings. The first kappa shape index (κ1) is 18.2. The van der Waals surface area contributed by atoms with Gasteiger partial charge in [0.1, 0.15) is 36.7 Å². The van der Waals surface area contributed by atoms with Gasteiger partial charge in [0.15, 0.2) is 0 Å². The van der Waals surface area contributed by atoms with E-state index in [9.17, 15) is 20.1 Å². The molecule has 1 fully saturated rings. The Balaban J connectivity index is 2.66. The summed E-state index contributed by atoms with van der Waals surface area (Å²) in [7, 11) is 0. The van der Waals surface area contributed by atoms with Gasteiger partial charge >= 0.3 is 5.97 Å². The summed E-state index contributed by atoms with van der Waals surface area (Å²) in [6, 6.07) is -0.988. The van der Waals surface area contributed by atoms with Gasteiger partial charge in [0.2, 0.25) is 0 Å². The topological polar surface area (TPSA) is 166 Å². The Labute approximate surface area is 122 Å². The third-order valence-electron chi connectivity index (χ3n) is 3.50. The molecular formula is C12H24N2O7. The molecule has 1 aliphatic heterocycles. The Kier molecular flexibility index (Phi) is 7.46. The van der Waals surface area contributed by atoms with Gasteiger partial charge in [-0.25, -0.2) is 0 Å². The number of aliphatic carboxylic acids is 1. The second-order valence-corrected chi connectivity index (χ2v) is 5.09. The highest BCUT2D eigenvalue weighted by molar-refractivity contribution is 5.73. The van der Waals surface area contributed by atoms with Crippen LogP contribution >= 0.6 is 0 Å². The number of ether oxygens (including phenoxy) is 1. The van der Waals surface area contributed by atoms with Crippen molar-refractivity contribution >= 4 is 5.97 Å². The molecule has 1 saturated heterocycles. The molecule has 0 spiro atoms. The van der Waals surface area contributed by atoms with E-state index in [-0.39, 0.29) is 6.42 Å². The fraction of sp³-hybridized carbons (Fsp3) is 0.917. The third-order valence-corrected chi connectivity index (χ3v) is 3.50. The smallest absolute Gasteiger partial charge is 0.320 e. The predicted octanol–water partition coefficient (Wildman–Crippen LogP) is -3.04. The van der Waals surface area contributed by atoms with Crippen molar-refractivity contribution in [3.63, 3.8) is 0 Å². The van der Waals surface area contributed by atoms with E-state index in [0.29, 0.717) is 19.4 Å². The summed E-state index contributed by atoms with van der Waals surface area (Å²) in [4.78, 5) is 11.2. The Morgan fingerprint density at radius 1 is 1.19 bits per heavy atom. The maximum absolute atomic E-state index is 11.2. The van der Waals surface area contributed by atoms with E-state index in [1.807, 2.05) is 0 Å². The molecule has 8 N–H and O–H groups in total. The molecule has 1 heterocycles. The molecule has 0 bridgehead atoms. The minimum absolute atomic E-state index is 0.279. The average Bonchev–Trinajstić information content (AvgIpc) is 2.46. The van der Waals surface area contributed by atoms with Crippen molar-refractivity contribution in [2.45, 2.75) is 55.9 Å². The number of nitrogens with two attached hydrogens (primary N) is 1. The molecule has 0 saturated carbocycles. The maximum atomic E-state index is 11.2. The van der Waals surface area contributed by atoms with Gasteiger partial charge < -0.3 is 36.0 Å². The number of carbonyl (C=O) groups is 1. The largest absolute Gasteiger partial charge is 0.480 e. The molecule has 0 radical (unpaired) electrons. The van der Waals surface area contributed by atoms with Crippen LogP contribution in [0.25, 0.3) is 0 Å². The van der Waals surface area contributed by atoms with Crippen molar-refractivity contribution in [2.75, 3.05) is 13.2 Å². The fourth-order valence-corrected chi connectivity index (χ4v) is 2.21. The third kappa shape index (κ3) is 4.85. The number of aliphatic hydroxyl groups excluding tert-OH is 4. The average molecular weight is 308 g/mol. The van der Waals surface area contributed by atoms with E-state index >= 15 is 0 Å². The molecule has 1 unspecified atom stereocenters. The summed E-state index contributed by atoms with van der Waals surface area (Å²) in [6.07, 6.45) is -5.24. The van der Waals surface area contributed by atoms with Crippen molar-refractivity contribution in [1.82, 2.24) is 5.32 Å².